The molecule has 0 fully saturated rings. The number of nitrogens with one attached hydrogen (secondary N) is 1. The summed E-state index contributed by atoms with van der Waals surface area (Å²) in [6.07, 6.45) is 0.413. The van der Waals surface area contributed by atoms with Crippen molar-refractivity contribution in [2.24, 2.45) is 5.92 Å². The molecule has 0 unspecified atom stereocenters. The zero-order valence-electron chi connectivity index (χ0n) is 12.3. The van der Waals surface area contributed by atoms with Crippen molar-refractivity contribution in [1.82, 2.24) is 14.9 Å². The smallest absolute Gasteiger partial charge is 0.221 e. The monoisotopic (exact) mass is 274 g/mol. The third-order valence-electron chi connectivity index (χ3n) is 3.27. The summed E-state index contributed by atoms with van der Waals surface area (Å²) in [5.41, 5.74) is 8.97. The Morgan fingerprint density at radius 3 is 2.90 bits per heavy atom. The van der Waals surface area contributed by atoms with E-state index in [2.05, 4.69) is 24.1 Å². The van der Waals surface area contributed by atoms with Crippen LogP contribution in [0.3, 0.4) is 0 Å². The summed E-state index contributed by atoms with van der Waals surface area (Å²) in [6.45, 7) is 7.43. The van der Waals surface area contributed by atoms with E-state index in [9.17, 15) is 4.79 Å². The first-order valence-electron chi connectivity index (χ1n) is 6.97. The average molecular weight is 274 g/mol. The van der Waals surface area contributed by atoms with Crippen LogP contribution in [0, 0.1) is 12.8 Å². The highest BCUT2D eigenvalue weighted by atomic mass is 16.1. The fourth-order valence-corrected chi connectivity index (χ4v) is 2.23. The maximum Gasteiger partial charge on any atom is 0.221 e. The summed E-state index contributed by atoms with van der Waals surface area (Å²) in [5, 5.41) is 2.91. The molecule has 0 aliphatic carbocycles. The number of nitrogen functional groups attached to an aromatic ring is 1. The molecule has 0 saturated carbocycles. The van der Waals surface area contributed by atoms with Gasteiger partial charge >= 0.3 is 0 Å². The van der Waals surface area contributed by atoms with E-state index in [0.29, 0.717) is 31.4 Å². The largest absolute Gasteiger partial charge is 0.369 e. The molecule has 2 aromatic rings. The molecule has 5 nitrogen and oxygen atoms in total. The van der Waals surface area contributed by atoms with E-state index < -0.39 is 0 Å². The zero-order chi connectivity index (χ0) is 14.7. The number of carbonyl (C=O) groups excluding carboxylic acids is 1. The number of imidazole rings is 1. The Morgan fingerprint density at radius 1 is 1.45 bits per heavy atom. The number of para-hydroxylation sites is 1. The van der Waals surface area contributed by atoms with Crippen molar-refractivity contribution in [2.75, 3.05) is 12.3 Å². The van der Waals surface area contributed by atoms with Crippen molar-refractivity contribution in [2.45, 2.75) is 33.7 Å². The van der Waals surface area contributed by atoms with Crippen molar-refractivity contribution in [1.29, 1.82) is 0 Å². The SMILES string of the molecule is Cc1cccc2nc(N)n(CCC(=O)NCC(C)C)c12. The van der Waals surface area contributed by atoms with Gasteiger partial charge in [-0.05, 0) is 24.5 Å². The van der Waals surface area contributed by atoms with Gasteiger partial charge in [-0.3, -0.25) is 4.79 Å². The van der Waals surface area contributed by atoms with E-state index in [1.807, 2.05) is 29.7 Å². The van der Waals surface area contributed by atoms with Gasteiger partial charge in [0.2, 0.25) is 11.9 Å². The molecule has 3 N–H and O–H groups in total. The summed E-state index contributed by atoms with van der Waals surface area (Å²) in [4.78, 5) is 16.1. The molecular weight excluding hydrogens is 252 g/mol. The molecule has 108 valence electrons. The van der Waals surface area contributed by atoms with Gasteiger partial charge in [-0.2, -0.15) is 0 Å². The number of amides is 1. The lowest BCUT2D eigenvalue weighted by atomic mass is 10.2. The fourth-order valence-electron chi connectivity index (χ4n) is 2.23. The number of carbonyl (C=O) groups is 1. The van der Waals surface area contributed by atoms with Crippen molar-refractivity contribution in [3.05, 3.63) is 23.8 Å². The molecule has 0 saturated heterocycles. The number of fused-ring (bicyclic) bond motifs is 1. The highest BCUT2D eigenvalue weighted by Gasteiger charge is 2.11. The average Bonchev–Trinajstić information content (AvgIpc) is 2.71. The number of aromatic nitrogens is 2. The lowest BCUT2D eigenvalue weighted by Crippen LogP contribution is -2.28. The summed E-state index contributed by atoms with van der Waals surface area (Å²) in [7, 11) is 0. The minimum absolute atomic E-state index is 0.0496. The highest BCUT2D eigenvalue weighted by molar-refractivity contribution is 5.82. The molecule has 1 aromatic carbocycles. The van der Waals surface area contributed by atoms with Crippen LogP contribution < -0.4 is 11.1 Å². The molecule has 5 heteroatoms. The number of benzene rings is 1. The predicted octanol–water partition coefficient (Wildman–Crippen LogP) is 2.09. The number of hydrogen-bond acceptors (Lipinski definition) is 3. The highest BCUT2D eigenvalue weighted by Crippen LogP contribution is 2.21. The van der Waals surface area contributed by atoms with Crippen molar-refractivity contribution in [3.8, 4) is 0 Å². The summed E-state index contributed by atoms with van der Waals surface area (Å²) >= 11 is 0. The number of aryl methyl sites for hydroxylation is 2. The molecule has 0 aliphatic rings. The lowest BCUT2D eigenvalue weighted by molar-refractivity contribution is -0.121. The van der Waals surface area contributed by atoms with Gasteiger partial charge in [0, 0.05) is 19.5 Å². The molecule has 0 aliphatic heterocycles. The maximum atomic E-state index is 11.8. The first-order chi connectivity index (χ1) is 9.49. The van der Waals surface area contributed by atoms with Crippen LogP contribution in [-0.2, 0) is 11.3 Å². The van der Waals surface area contributed by atoms with Gasteiger partial charge in [0.25, 0.3) is 0 Å². The predicted molar refractivity (Wildman–Crippen MR) is 81.3 cm³/mol. The van der Waals surface area contributed by atoms with Gasteiger partial charge in [0.1, 0.15) is 0 Å². The van der Waals surface area contributed by atoms with Crippen LogP contribution in [0.25, 0.3) is 11.0 Å². The van der Waals surface area contributed by atoms with Gasteiger partial charge in [-0.25, -0.2) is 4.98 Å². The first-order valence-corrected chi connectivity index (χ1v) is 6.97. The first kappa shape index (κ1) is 14.4. The lowest BCUT2D eigenvalue weighted by Gasteiger charge is -2.10. The van der Waals surface area contributed by atoms with Crippen molar-refractivity contribution in [3.63, 3.8) is 0 Å². The Hall–Kier alpha value is -2.04. The topological polar surface area (TPSA) is 72.9 Å². The van der Waals surface area contributed by atoms with Crippen LogP contribution in [-0.4, -0.2) is 22.0 Å². The Bertz CT molecular complexity index is 616. The molecule has 0 bridgehead atoms. The van der Waals surface area contributed by atoms with E-state index in [-0.39, 0.29) is 5.91 Å². The summed E-state index contributed by atoms with van der Waals surface area (Å²) in [5.74, 6) is 0.972. The number of rotatable bonds is 5. The van der Waals surface area contributed by atoms with Crippen molar-refractivity contribution < 1.29 is 4.79 Å². The second-order valence-electron chi connectivity index (χ2n) is 5.51. The van der Waals surface area contributed by atoms with Crippen LogP contribution in [0.2, 0.25) is 0 Å². The molecule has 0 radical (unpaired) electrons. The van der Waals surface area contributed by atoms with E-state index in [1.54, 1.807) is 0 Å². The molecule has 2 rings (SSSR count). The second kappa shape index (κ2) is 5.94. The second-order valence-corrected chi connectivity index (χ2v) is 5.51. The van der Waals surface area contributed by atoms with Gasteiger partial charge in [0.15, 0.2) is 0 Å². The van der Waals surface area contributed by atoms with E-state index >= 15 is 0 Å². The van der Waals surface area contributed by atoms with Crippen LogP contribution in [0.15, 0.2) is 18.2 Å². The molecular formula is C15H22N4O. The third-order valence-corrected chi connectivity index (χ3v) is 3.27. The summed E-state index contributed by atoms with van der Waals surface area (Å²) < 4.78 is 1.92. The van der Waals surface area contributed by atoms with Crippen LogP contribution >= 0.6 is 0 Å². The molecule has 1 heterocycles. The fraction of sp³-hybridized carbons (Fsp3) is 0.467. The maximum absolute atomic E-state index is 11.8. The van der Waals surface area contributed by atoms with Gasteiger partial charge < -0.3 is 15.6 Å². The Kier molecular flexibility index (Phi) is 4.27. The number of hydrogen-bond donors (Lipinski definition) is 2. The minimum Gasteiger partial charge on any atom is -0.369 e. The molecule has 1 aromatic heterocycles. The van der Waals surface area contributed by atoms with Crippen LogP contribution in [0.4, 0.5) is 5.95 Å². The van der Waals surface area contributed by atoms with E-state index in [1.165, 1.54) is 0 Å². The van der Waals surface area contributed by atoms with Crippen LogP contribution in [0.1, 0.15) is 25.8 Å². The molecule has 0 atom stereocenters. The van der Waals surface area contributed by atoms with Crippen LogP contribution in [0.5, 0.6) is 0 Å². The van der Waals surface area contributed by atoms with E-state index in [0.717, 1.165) is 16.6 Å². The number of nitrogens with two attached hydrogens (primary N) is 1. The number of nitrogens with zero attached hydrogens (tertiary/aromatic N) is 2. The Balaban J connectivity index is 2.10. The molecule has 1 amide bonds. The summed E-state index contributed by atoms with van der Waals surface area (Å²) in [6, 6.07) is 5.93. The van der Waals surface area contributed by atoms with Gasteiger partial charge in [-0.15, -0.1) is 0 Å². The molecule has 20 heavy (non-hydrogen) atoms. The zero-order valence-corrected chi connectivity index (χ0v) is 12.3. The Labute approximate surface area is 119 Å². The normalized spacial score (nSPS) is 11.2. The van der Waals surface area contributed by atoms with Crippen molar-refractivity contribution >= 4 is 22.9 Å². The third kappa shape index (κ3) is 3.10. The Morgan fingerprint density at radius 2 is 2.20 bits per heavy atom. The number of anilines is 1. The molecule has 0 spiro atoms. The van der Waals surface area contributed by atoms with Gasteiger partial charge in [0.05, 0.1) is 11.0 Å². The minimum atomic E-state index is 0.0496. The standard InChI is InChI=1S/C15H22N4O/c1-10(2)9-17-13(20)7-8-19-14-11(3)5-4-6-12(14)18-15(19)16/h4-6,10H,7-9H2,1-3H3,(H2,16,18)(H,17,20). The van der Waals surface area contributed by atoms with E-state index in [4.69, 9.17) is 5.73 Å². The van der Waals surface area contributed by atoms with Gasteiger partial charge in [-0.1, -0.05) is 26.0 Å². The quantitative estimate of drug-likeness (QED) is 0.877.